The molecule has 0 spiro atoms. The molecule has 0 radical (unpaired) electrons. The fraction of sp³-hybridized carbons (Fsp3) is 0.354. The topological polar surface area (TPSA) is 156 Å². The van der Waals surface area contributed by atoms with Crippen molar-refractivity contribution in [1.82, 2.24) is 9.62 Å². The van der Waals surface area contributed by atoms with Crippen LogP contribution in [0, 0.1) is 5.92 Å². The summed E-state index contributed by atoms with van der Waals surface area (Å²) in [4.78, 5) is 16.4. The highest BCUT2D eigenvalue weighted by Crippen LogP contribution is 2.39. The standard InChI is InChI=1S/C48H52ClF3N4O7S3/c49-36-17-13-33(14-18-36)42-11-4-5-12-43(42)46(58)34-23-27-56(28-24-34)38-19-15-35(16-20-38)47(59)54-66(62,63)41-21-22-44(45(31-41)65(60,61)48(50,51)52)53-37(32-64-40-9-2-1-3-10-40)30-39-8-6-25-55(39)26-7-29-57/h1-5,9-22,31,34,37,39,46,53,57-58H,6-8,23-30,32H2,(H,54,59)/t37-,39-,46-/m1/s1. The van der Waals surface area contributed by atoms with Gasteiger partial charge in [-0.2, -0.15) is 13.2 Å². The van der Waals surface area contributed by atoms with Crippen molar-refractivity contribution in [3.05, 3.63) is 137 Å². The van der Waals surface area contributed by atoms with Gasteiger partial charge in [-0.05, 0) is 134 Å². The summed E-state index contributed by atoms with van der Waals surface area (Å²) in [5.74, 6) is -0.741. The molecular formula is C48H52ClF3N4O7S3. The molecule has 11 nitrogen and oxygen atoms in total. The number of nitrogens with zero attached hydrogens (tertiary/aromatic N) is 2. The number of thioether (sulfide) groups is 1. The Labute approximate surface area is 393 Å². The van der Waals surface area contributed by atoms with E-state index in [9.17, 15) is 45.0 Å². The Kier molecular flexibility index (Phi) is 16.1. The molecule has 2 saturated heterocycles. The van der Waals surface area contributed by atoms with Crippen molar-refractivity contribution in [3.8, 4) is 11.1 Å². The monoisotopic (exact) mass is 984 g/mol. The van der Waals surface area contributed by atoms with Crippen LogP contribution in [0.3, 0.4) is 0 Å². The maximum atomic E-state index is 14.3. The Morgan fingerprint density at radius 2 is 1.53 bits per heavy atom. The zero-order valence-corrected chi connectivity index (χ0v) is 39.1. The Morgan fingerprint density at radius 3 is 2.21 bits per heavy atom. The number of aliphatic hydroxyl groups excluding tert-OH is 2. The third kappa shape index (κ3) is 11.9. The van der Waals surface area contributed by atoms with Gasteiger partial charge in [0.1, 0.15) is 4.90 Å². The van der Waals surface area contributed by atoms with Gasteiger partial charge in [0.05, 0.1) is 16.7 Å². The van der Waals surface area contributed by atoms with Crippen LogP contribution in [0.5, 0.6) is 0 Å². The summed E-state index contributed by atoms with van der Waals surface area (Å²) >= 11 is 7.54. The number of alkyl halides is 3. The predicted octanol–water partition coefficient (Wildman–Crippen LogP) is 9.18. The normalized spacial score (nSPS) is 17.4. The smallest absolute Gasteiger partial charge is 0.396 e. The summed E-state index contributed by atoms with van der Waals surface area (Å²) in [6.45, 7) is 2.63. The molecule has 0 aromatic heterocycles. The van der Waals surface area contributed by atoms with Crippen molar-refractivity contribution in [2.45, 2.75) is 76.9 Å². The van der Waals surface area contributed by atoms with E-state index in [1.54, 1.807) is 12.1 Å². The molecule has 2 fully saturated rings. The van der Waals surface area contributed by atoms with Crippen LogP contribution in [0.15, 0.2) is 136 Å². The number of hydrogen-bond acceptors (Lipinski definition) is 11. The minimum absolute atomic E-state index is 0.00652. The first kappa shape index (κ1) is 49.3. The Balaban J connectivity index is 1.04. The number of carbonyl (C=O) groups excluding carboxylic acids is 1. The molecule has 0 unspecified atom stereocenters. The van der Waals surface area contributed by atoms with E-state index in [2.05, 4.69) is 15.1 Å². The van der Waals surface area contributed by atoms with Gasteiger partial charge in [-0.15, -0.1) is 11.8 Å². The van der Waals surface area contributed by atoms with Gasteiger partial charge in [0.25, 0.3) is 25.8 Å². The van der Waals surface area contributed by atoms with Gasteiger partial charge in [0.2, 0.25) is 0 Å². The van der Waals surface area contributed by atoms with Crippen LogP contribution < -0.4 is 14.9 Å². The van der Waals surface area contributed by atoms with Gasteiger partial charge in [0.15, 0.2) is 0 Å². The van der Waals surface area contributed by atoms with Crippen LogP contribution in [0.1, 0.15) is 60.6 Å². The Bertz CT molecular complexity index is 2660. The van der Waals surface area contributed by atoms with Gasteiger partial charge in [-0.25, -0.2) is 21.6 Å². The number of carbonyl (C=O) groups is 1. The molecule has 1 amide bonds. The first-order chi connectivity index (χ1) is 31.5. The first-order valence-electron chi connectivity index (χ1n) is 21.7. The molecule has 2 aliphatic rings. The van der Waals surface area contributed by atoms with E-state index in [0.717, 1.165) is 58.8 Å². The van der Waals surface area contributed by atoms with Crippen LogP contribution >= 0.6 is 23.4 Å². The Hall–Kier alpha value is -4.62. The highest BCUT2D eigenvalue weighted by atomic mass is 35.5. The number of piperidine rings is 1. The second kappa shape index (κ2) is 21.6. The van der Waals surface area contributed by atoms with Crippen LogP contribution in [0.25, 0.3) is 11.1 Å². The minimum atomic E-state index is -6.09. The zero-order chi connectivity index (χ0) is 47.1. The number of rotatable bonds is 18. The maximum Gasteiger partial charge on any atom is 0.501 e. The van der Waals surface area contributed by atoms with Gasteiger partial charge >= 0.3 is 5.51 Å². The molecule has 0 saturated carbocycles. The number of sulfone groups is 1. The van der Waals surface area contributed by atoms with Crippen molar-refractivity contribution in [1.29, 1.82) is 0 Å². The van der Waals surface area contributed by atoms with Crippen molar-refractivity contribution in [3.63, 3.8) is 0 Å². The van der Waals surface area contributed by atoms with Gasteiger partial charge in [0, 0.05) is 65.2 Å². The molecule has 66 heavy (non-hydrogen) atoms. The second-order valence-electron chi connectivity index (χ2n) is 16.6. The first-order valence-corrected chi connectivity index (χ1v) is 26.1. The van der Waals surface area contributed by atoms with E-state index < -0.39 is 58.9 Å². The van der Waals surface area contributed by atoms with Crippen molar-refractivity contribution < 1.29 is 45.0 Å². The number of anilines is 2. The van der Waals surface area contributed by atoms with Gasteiger partial charge in [-0.1, -0.05) is 66.2 Å². The molecule has 2 aliphatic heterocycles. The molecule has 0 bridgehead atoms. The van der Waals surface area contributed by atoms with E-state index in [1.165, 1.54) is 23.9 Å². The SMILES string of the molecule is O=C(NS(=O)(=O)c1ccc(N[C@@H](CSc2ccccc2)C[C@H]2CCCN2CCCO)c(S(=O)(=O)C(F)(F)F)c1)c1ccc(N2CCC([C@@H](O)c3ccccc3-c3ccc(Cl)cc3)CC2)cc1. The van der Waals surface area contributed by atoms with Crippen LogP contribution in [-0.4, -0.2) is 94.0 Å². The Morgan fingerprint density at radius 1 is 0.848 bits per heavy atom. The summed E-state index contributed by atoms with van der Waals surface area (Å²) in [6, 6.07) is 32.5. The molecule has 4 N–H and O–H groups in total. The van der Waals surface area contributed by atoms with Crippen LogP contribution in [0.2, 0.25) is 5.02 Å². The van der Waals surface area contributed by atoms with Gasteiger partial charge < -0.3 is 25.3 Å². The summed E-state index contributed by atoms with van der Waals surface area (Å²) in [5.41, 5.74) is -2.77. The molecule has 7 rings (SSSR count). The lowest BCUT2D eigenvalue weighted by Gasteiger charge is -2.36. The van der Waals surface area contributed by atoms with E-state index >= 15 is 0 Å². The molecular weight excluding hydrogens is 933 g/mol. The van der Waals surface area contributed by atoms with Gasteiger partial charge in [-0.3, -0.25) is 4.79 Å². The largest absolute Gasteiger partial charge is 0.501 e. The zero-order valence-electron chi connectivity index (χ0n) is 35.9. The quantitative estimate of drug-likeness (QED) is 0.0621. The lowest BCUT2D eigenvalue weighted by molar-refractivity contribution is -0.0435. The minimum Gasteiger partial charge on any atom is -0.396 e. The second-order valence-corrected chi connectivity index (χ2v) is 21.7. The molecule has 352 valence electrons. The van der Waals surface area contributed by atoms with E-state index in [1.807, 2.05) is 83.6 Å². The van der Waals surface area contributed by atoms with E-state index in [0.29, 0.717) is 62.2 Å². The number of sulfonamides is 1. The summed E-state index contributed by atoms with van der Waals surface area (Å²) in [7, 11) is -11.0. The van der Waals surface area contributed by atoms with E-state index in [4.69, 9.17) is 11.6 Å². The number of aliphatic hydroxyl groups is 2. The fourth-order valence-corrected chi connectivity index (χ4v) is 11.8. The molecule has 5 aromatic rings. The summed E-state index contributed by atoms with van der Waals surface area (Å²) in [5, 5.41) is 24.6. The predicted molar refractivity (Wildman–Crippen MR) is 253 cm³/mol. The number of benzene rings is 5. The lowest BCUT2D eigenvalue weighted by Crippen LogP contribution is -2.37. The average Bonchev–Trinajstić information content (AvgIpc) is 3.76. The number of hydrogen-bond donors (Lipinski definition) is 4. The van der Waals surface area contributed by atoms with E-state index in [-0.39, 0.29) is 24.1 Å². The van der Waals surface area contributed by atoms with Crippen LogP contribution in [0.4, 0.5) is 24.5 Å². The highest BCUT2D eigenvalue weighted by Gasteiger charge is 2.48. The molecule has 2 heterocycles. The molecule has 5 aromatic carbocycles. The summed E-state index contributed by atoms with van der Waals surface area (Å²) in [6.07, 6.45) is 3.33. The third-order valence-electron chi connectivity index (χ3n) is 12.2. The number of amides is 1. The lowest BCUT2D eigenvalue weighted by atomic mass is 9.84. The number of halogens is 4. The highest BCUT2D eigenvalue weighted by molar-refractivity contribution is 7.99. The van der Waals surface area contributed by atoms with Crippen molar-refractivity contribution in [2.24, 2.45) is 5.92 Å². The van der Waals surface area contributed by atoms with Crippen LogP contribution in [-0.2, 0) is 19.9 Å². The van der Waals surface area contributed by atoms with Crippen molar-refractivity contribution in [2.75, 3.05) is 48.8 Å². The van der Waals surface area contributed by atoms with Crippen molar-refractivity contribution >= 4 is 60.5 Å². The molecule has 18 heteroatoms. The fourth-order valence-electron chi connectivity index (χ4n) is 8.73. The third-order valence-corrected chi connectivity index (χ3v) is 16.5. The number of likely N-dealkylation sites (tertiary alicyclic amines) is 1. The molecule has 0 aliphatic carbocycles. The average molecular weight is 986 g/mol. The maximum absolute atomic E-state index is 14.3. The summed E-state index contributed by atoms with van der Waals surface area (Å²) < 4.78 is 98.1. The number of nitrogens with one attached hydrogen (secondary N) is 2. The molecule has 3 atom stereocenters.